The quantitative estimate of drug-likeness (QED) is 0.526. The van der Waals surface area contributed by atoms with Crippen molar-refractivity contribution in [2.24, 2.45) is 0 Å². The molecular weight excluding hydrogens is 368 g/mol. The standard InChI is InChI=1S/C21H15ClO3S/c1-13-8-9-26-20(13)11-19-21(23)16-7-6-15(10-18(16)25-19)24-12-14-4-2-3-5-17(14)22/h2-11H,12H2,1H3/b19-11-. The topological polar surface area (TPSA) is 35.5 Å². The molecule has 0 amide bonds. The van der Waals surface area contributed by atoms with E-state index in [0.29, 0.717) is 34.5 Å². The molecule has 0 aliphatic carbocycles. The first-order valence-corrected chi connectivity index (χ1v) is 9.36. The number of hydrogen-bond donors (Lipinski definition) is 0. The molecule has 130 valence electrons. The minimum absolute atomic E-state index is 0.106. The minimum atomic E-state index is -0.106. The van der Waals surface area contributed by atoms with Crippen LogP contribution in [0, 0.1) is 6.92 Å². The Morgan fingerprint density at radius 1 is 1.19 bits per heavy atom. The molecule has 1 aromatic heterocycles. The number of Topliss-reactive ketones (excluding diaryl/α,β-unsaturated/α-hetero) is 1. The highest BCUT2D eigenvalue weighted by Gasteiger charge is 2.28. The largest absolute Gasteiger partial charge is 0.489 e. The molecule has 0 saturated heterocycles. The molecule has 0 atom stereocenters. The molecule has 0 N–H and O–H groups in total. The molecule has 3 nitrogen and oxygen atoms in total. The normalized spacial score (nSPS) is 14.4. The van der Waals surface area contributed by atoms with Crippen molar-refractivity contribution in [3.05, 3.63) is 86.3 Å². The summed E-state index contributed by atoms with van der Waals surface area (Å²) in [6.45, 7) is 2.36. The molecule has 0 radical (unpaired) electrons. The van der Waals surface area contributed by atoms with Crippen molar-refractivity contribution in [2.75, 3.05) is 0 Å². The Hall–Kier alpha value is -2.56. The monoisotopic (exact) mass is 382 g/mol. The maximum atomic E-state index is 12.5. The number of ketones is 1. The number of aryl methyl sites for hydroxylation is 1. The third kappa shape index (κ3) is 3.26. The van der Waals surface area contributed by atoms with Gasteiger partial charge in [0.05, 0.1) is 5.56 Å². The van der Waals surface area contributed by atoms with Gasteiger partial charge in [0.25, 0.3) is 0 Å². The smallest absolute Gasteiger partial charge is 0.232 e. The molecule has 0 saturated carbocycles. The SMILES string of the molecule is Cc1ccsc1/C=C1\Oc2cc(OCc3ccccc3Cl)ccc2C1=O. The Morgan fingerprint density at radius 2 is 2.04 bits per heavy atom. The van der Waals surface area contributed by atoms with Gasteiger partial charge in [0.2, 0.25) is 5.78 Å². The Kier molecular flexibility index (Phi) is 4.53. The number of thiophene rings is 1. The van der Waals surface area contributed by atoms with Crippen LogP contribution in [0.4, 0.5) is 0 Å². The van der Waals surface area contributed by atoms with Crippen LogP contribution in [-0.4, -0.2) is 5.78 Å². The zero-order valence-corrected chi connectivity index (χ0v) is 15.6. The van der Waals surface area contributed by atoms with Crippen molar-refractivity contribution in [1.82, 2.24) is 0 Å². The van der Waals surface area contributed by atoms with E-state index in [1.54, 1.807) is 35.6 Å². The highest BCUT2D eigenvalue weighted by molar-refractivity contribution is 7.11. The van der Waals surface area contributed by atoms with Crippen LogP contribution in [0.3, 0.4) is 0 Å². The number of ether oxygens (including phenoxy) is 2. The van der Waals surface area contributed by atoms with Crippen molar-refractivity contribution >= 4 is 34.8 Å². The second kappa shape index (κ2) is 6.98. The van der Waals surface area contributed by atoms with Crippen LogP contribution >= 0.6 is 22.9 Å². The zero-order valence-electron chi connectivity index (χ0n) is 14.0. The summed E-state index contributed by atoms with van der Waals surface area (Å²) in [5.41, 5.74) is 2.58. The number of hydrogen-bond acceptors (Lipinski definition) is 4. The van der Waals surface area contributed by atoms with Gasteiger partial charge in [-0.1, -0.05) is 29.8 Å². The molecule has 0 bridgehead atoms. The molecule has 26 heavy (non-hydrogen) atoms. The van der Waals surface area contributed by atoms with Gasteiger partial charge < -0.3 is 9.47 Å². The summed E-state index contributed by atoms with van der Waals surface area (Å²) in [6, 6.07) is 14.8. The highest BCUT2D eigenvalue weighted by atomic mass is 35.5. The lowest BCUT2D eigenvalue weighted by Crippen LogP contribution is -1.97. The van der Waals surface area contributed by atoms with Crippen molar-refractivity contribution in [3.63, 3.8) is 0 Å². The lowest BCUT2D eigenvalue weighted by Gasteiger charge is -2.08. The van der Waals surface area contributed by atoms with E-state index in [-0.39, 0.29) is 5.78 Å². The average Bonchev–Trinajstić information content (AvgIpc) is 3.18. The Balaban J connectivity index is 1.53. The van der Waals surface area contributed by atoms with Crippen molar-refractivity contribution in [3.8, 4) is 11.5 Å². The van der Waals surface area contributed by atoms with Gasteiger partial charge in [-0.15, -0.1) is 11.3 Å². The first kappa shape index (κ1) is 16.9. The van der Waals surface area contributed by atoms with E-state index in [2.05, 4.69) is 0 Å². The second-order valence-corrected chi connectivity index (χ2v) is 7.30. The average molecular weight is 383 g/mol. The van der Waals surface area contributed by atoms with E-state index in [1.807, 2.05) is 42.6 Å². The van der Waals surface area contributed by atoms with Crippen LogP contribution in [0.25, 0.3) is 6.08 Å². The fourth-order valence-corrected chi connectivity index (χ4v) is 3.72. The van der Waals surface area contributed by atoms with Gasteiger partial charge in [-0.25, -0.2) is 0 Å². The maximum absolute atomic E-state index is 12.5. The van der Waals surface area contributed by atoms with Gasteiger partial charge in [0.15, 0.2) is 5.76 Å². The maximum Gasteiger partial charge on any atom is 0.232 e. The van der Waals surface area contributed by atoms with Gasteiger partial charge >= 0.3 is 0 Å². The number of allylic oxidation sites excluding steroid dienone is 1. The molecule has 2 heterocycles. The van der Waals surface area contributed by atoms with Crippen molar-refractivity contribution in [2.45, 2.75) is 13.5 Å². The summed E-state index contributed by atoms with van der Waals surface area (Å²) in [6.07, 6.45) is 1.80. The summed E-state index contributed by atoms with van der Waals surface area (Å²) in [5, 5.41) is 2.66. The first-order valence-electron chi connectivity index (χ1n) is 8.10. The summed E-state index contributed by atoms with van der Waals surface area (Å²) in [5.74, 6) is 1.39. The molecule has 3 aromatic rings. The lowest BCUT2D eigenvalue weighted by molar-refractivity contribution is 0.101. The molecule has 1 aliphatic rings. The van der Waals surface area contributed by atoms with Crippen LogP contribution in [-0.2, 0) is 6.61 Å². The number of halogens is 1. The molecule has 0 unspecified atom stereocenters. The molecule has 0 spiro atoms. The van der Waals surface area contributed by atoms with E-state index >= 15 is 0 Å². The first-order chi connectivity index (χ1) is 12.6. The van der Waals surface area contributed by atoms with Crippen molar-refractivity contribution < 1.29 is 14.3 Å². The molecule has 1 aliphatic heterocycles. The third-order valence-corrected chi connectivity index (χ3v) is 5.49. The van der Waals surface area contributed by atoms with Crippen LogP contribution in [0.2, 0.25) is 5.02 Å². The molecule has 4 rings (SSSR count). The van der Waals surface area contributed by atoms with E-state index in [0.717, 1.165) is 16.0 Å². The predicted molar refractivity (Wildman–Crippen MR) is 104 cm³/mol. The number of carbonyl (C=O) groups excluding carboxylic acids is 1. The summed E-state index contributed by atoms with van der Waals surface area (Å²) in [4.78, 5) is 13.5. The Bertz CT molecular complexity index is 1020. The van der Waals surface area contributed by atoms with Crippen LogP contribution in [0.15, 0.2) is 59.7 Å². The third-order valence-electron chi connectivity index (χ3n) is 4.16. The van der Waals surface area contributed by atoms with Crippen LogP contribution < -0.4 is 9.47 Å². The molecule has 5 heteroatoms. The van der Waals surface area contributed by atoms with Crippen LogP contribution in [0.5, 0.6) is 11.5 Å². The molecule has 2 aromatic carbocycles. The van der Waals surface area contributed by atoms with E-state index in [4.69, 9.17) is 21.1 Å². The molecular formula is C21H15ClO3S. The number of fused-ring (bicyclic) bond motifs is 1. The fraction of sp³-hybridized carbons (Fsp3) is 0.0952. The number of rotatable bonds is 4. The zero-order chi connectivity index (χ0) is 18.1. The highest BCUT2D eigenvalue weighted by Crippen LogP contribution is 2.36. The van der Waals surface area contributed by atoms with Gasteiger partial charge in [-0.05, 0) is 42.1 Å². The van der Waals surface area contributed by atoms with E-state index in [9.17, 15) is 4.79 Å². The second-order valence-electron chi connectivity index (χ2n) is 5.95. The van der Waals surface area contributed by atoms with Crippen molar-refractivity contribution in [1.29, 1.82) is 0 Å². The lowest BCUT2D eigenvalue weighted by atomic mass is 10.1. The Morgan fingerprint density at radius 3 is 2.81 bits per heavy atom. The van der Waals surface area contributed by atoms with E-state index in [1.165, 1.54) is 0 Å². The number of carbonyl (C=O) groups is 1. The summed E-state index contributed by atoms with van der Waals surface area (Å²) < 4.78 is 11.6. The van der Waals surface area contributed by atoms with Gasteiger partial charge in [0, 0.05) is 27.6 Å². The Labute approximate surface area is 160 Å². The fourth-order valence-electron chi connectivity index (χ4n) is 2.68. The van der Waals surface area contributed by atoms with Gasteiger partial charge in [-0.3, -0.25) is 4.79 Å². The summed E-state index contributed by atoms with van der Waals surface area (Å²) >= 11 is 7.73. The van der Waals surface area contributed by atoms with Gasteiger partial charge in [-0.2, -0.15) is 0 Å². The van der Waals surface area contributed by atoms with Gasteiger partial charge in [0.1, 0.15) is 18.1 Å². The number of benzene rings is 2. The van der Waals surface area contributed by atoms with Crippen LogP contribution in [0.1, 0.15) is 26.4 Å². The predicted octanol–water partition coefficient (Wildman–Crippen LogP) is 5.91. The summed E-state index contributed by atoms with van der Waals surface area (Å²) in [7, 11) is 0. The molecule has 0 fully saturated rings. The minimum Gasteiger partial charge on any atom is -0.489 e. The van der Waals surface area contributed by atoms with E-state index < -0.39 is 0 Å².